The third kappa shape index (κ3) is 4.57. The maximum atomic E-state index is 11.7. The van der Waals surface area contributed by atoms with E-state index in [2.05, 4.69) is 15.6 Å². The molecule has 0 aliphatic carbocycles. The predicted octanol–water partition coefficient (Wildman–Crippen LogP) is 0.838. The molecule has 1 aromatic rings. The molecule has 0 aliphatic rings. The molecule has 3 amide bonds. The summed E-state index contributed by atoms with van der Waals surface area (Å²) in [5, 5.41) is 5.30. The third-order valence-corrected chi connectivity index (χ3v) is 2.64. The van der Waals surface area contributed by atoms with Crippen molar-refractivity contribution in [1.82, 2.24) is 20.5 Å². The first-order valence-corrected chi connectivity index (χ1v) is 6.08. The largest absolute Gasteiger partial charge is 0.346 e. The summed E-state index contributed by atoms with van der Waals surface area (Å²) in [5.74, 6) is -0.243. The molecule has 0 aliphatic heterocycles. The first-order chi connectivity index (χ1) is 8.91. The number of urea groups is 1. The summed E-state index contributed by atoms with van der Waals surface area (Å²) in [6.45, 7) is 3.76. The van der Waals surface area contributed by atoms with Crippen molar-refractivity contribution in [3.05, 3.63) is 29.6 Å². The van der Waals surface area contributed by atoms with E-state index in [1.165, 1.54) is 4.90 Å². The summed E-state index contributed by atoms with van der Waals surface area (Å²) in [5.41, 5.74) is 1.85. The highest BCUT2D eigenvalue weighted by Gasteiger charge is 2.13. The molecule has 0 unspecified atom stereocenters. The molecule has 6 heteroatoms. The first kappa shape index (κ1) is 14.9. The fraction of sp³-hybridized carbons (Fsp3) is 0.462. The topological polar surface area (TPSA) is 74.3 Å². The minimum Gasteiger partial charge on any atom is -0.346 e. The summed E-state index contributed by atoms with van der Waals surface area (Å²) >= 11 is 0. The highest BCUT2D eigenvalue weighted by molar-refractivity contribution is 5.83. The summed E-state index contributed by atoms with van der Waals surface area (Å²) in [7, 11) is 3.24. The van der Waals surface area contributed by atoms with Crippen molar-refractivity contribution >= 4 is 11.9 Å². The molecule has 6 nitrogen and oxygen atoms in total. The van der Waals surface area contributed by atoms with Crippen LogP contribution in [0.15, 0.2) is 18.3 Å². The van der Waals surface area contributed by atoms with Gasteiger partial charge in [0.2, 0.25) is 5.91 Å². The Labute approximate surface area is 113 Å². The van der Waals surface area contributed by atoms with Crippen LogP contribution >= 0.6 is 0 Å². The zero-order chi connectivity index (χ0) is 14.4. The van der Waals surface area contributed by atoms with Crippen molar-refractivity contribution in [3.63, 3.8) is 0 Å². The molecule has 0 spiro atoms. The molecule has 0 aromatic carbocycles. The van der Waals surface area contributed by atoms with Crippen molar-refractivity contribution in [2.45, 2.75) is 19.9 Å². The SMILES string of the molecule is Cc1cccnc1[C@H](C)NC(=O)CNC(=O)N(C)C. The van der Waals surface area contributed by atoms with Gasteiger partial charge in [0.05, 0.1) is 18.3 Å². The van der Waals surface area contributed by atoms with Crippen LogP contribution in [0.3, 0.4) is 0 Å². The van der Waals surface area contributed by atoms with E-state index in [0.29, 0.717) is 0 Å². The lowest BCUT2D eigenvalue weighted by Gasteiger charge is -2.16. The van der Waals surface area contributed by atoms with Crippen LogP contribution in [-0.4, -0.2) is 42.5 Å². The average molecular weight is 264 g/mol. The summed E-state index contributed by atoms with van der Waals surface area (Å²) in [6, 6.07) is 3.31. The van der Waals surface area contributed by atoms with Crippen LogP contribution in [0.1, 0.15) is 24.2 Å². The number of nitrogens with one attached hydrogen (secondary N) is 2. The molecule has 104 valence electrons. The van der Waals surface area contributed by atoms with Crippen LogP contribution in [0.4, 0.5) is 4.79 Å². The van der Waals surface area contributed by atoms with E-state index in [9.17, 15) is 9.59 Å². The maximum Gasteiger partial charge on any atom is 0.317 e. The van der Waals surface area contributed by atoms with Crippen molar-refractivity contribution in [2.24, 2.45) is 0 Å². The number of aryl methyl sites for hydroxylation is 1. The second-order valence-electron chi connectivity index (χ2n) is 4.55. The van der Waals surface area contributed by atoms with Gasteiger partial charge in [-0.1, -0.05) is 6.07 Å². The van der Waals surface area contributed by atoms with E-state index in [-0.39, 0.29) is 24.5 Å². The number of aromatic nitrogens is 1. The molecule has 0 radical (unpaired) electrons. The Kier molecular flexibility index (Phi) is 5.29. The lowest BCUT2D eigenvalue weighted by atomic mass is 10.1. The first-order valence-electron chi connectivity index (χ1n) is 6.08. The lowest BCUT2D eigenvalue weighted by molar-refractivity contribution is -0.120. The van der Waals surface area contributed by atoms with Crippen LogP contribution in [0.5, 0.6) is 0 Å². The third-order valence-electron chi connectivity index (χ3n) is 2.64. The smallest absolute Gasteiger partial charge is 0.317 e. The number of nitrogens with zero attached hydrogens (tertiary/aromatic N) is 2. The van der Waals surface area contributed by atoms with E-state index in [4.69, 9.17) is 0 Å². The van der Waals surface area contributed by atoms with Gasteiger partial charge in [0.1, 0.15) is 0 Å². The minimum atomic E-state index is -0.295. The number of rotatable bonds is 4. The van der Waals surface area contributed by atoms with Gasteiger partial charge in [-0.15, -0.1) is 0 Å². The molecule has 0 fully saturated rings. The summed E-state index contributed by atoms with van der Waals surface area (Å²) in [6.07, 6.45) is 1.69. The van der Waals surface area contributed by atoms with E-state index in [1.54, 1.807) is 20.3 Å². The van der Waals surface area contributed by atoms with Crippen molar-refractivity contribution in [2.75, 3.05) is 20.6 Å². The summed E-state index contributed by atoms with van der Waals surface area (Å²) in [4.78, 5) is 28.6. The van der Waals surface area contributed by atoms with Gasteiger partial charge < -0.3 is 15.5 Å². The number of carbonyl (C=O) groups is 2. The van der Waals surface area contributed by atoms with Crippen LogP contribution in [0, 0.1) is 6.92 Å². The van der Waals surface area contributed by atoms with Crippen molar-refractivity contribution in [3.8, 4) is 0 Å². The Hall–Kier alpha value is -2.11. The Balaban J connectivity index is 2.49. The molecule has 1 rings (SSSR count). The number of hydrogen-bond donors (Lipinski definition) is 2. The normalized spacial score (nSPS) is 11.6. The number of carbonyl (C=O) groups excluding carboxylic acids is 2. The molecular formula is C13H20N4O2. The minimum absolute atomic E-state index is 0.0484. The van der Waals surface area contributed by atoms with E-state index in [1.807, 2.05) is 26.0 Å². The Morgan fingerprint density at radius 1 is 1.42 bits per heavy atom. The molecule has 0 bridgehead atoms. The number of amides is 3. The van der Waals surface area contributed by atoms with E-state index >= 15 is 0 Å². The van der Waals surface area contributed by atoms with Crippen LogP contribution in [0.25, 0.3) is 0 Å². The molecule has 19 heavy (non-hydrogen) atoms. The van der Waals surface area contributed by atoms with E-state index in [0.717, 1.165) is 11.3 Å². The van der Waals surface area contributed by atoms with E-state index < -0.39 is 0 Å². The number of hydrogen-bond acceptors (Lipinski definition) is 3. The fourth-order valence-corrected chi connectivity index (χ4v) is 1.63. The van der Waals surface area contributed by atoms with Gasteiger partial charge in [0.15, 0.2) is 0 Å². The maximum absolute atomic E-state index is 11.7. The molecule has 0 saturated carbocycles. The average Bonchev–Trinajstić information content (AvgIpc) is 2.36. The molecule has 1 atom stereocenters. The van der Waals surface area contributed by atoms with Crippen LogP contribution in [0.2, 0.25) is 0 Å². The summed E-state index contributed by atoms with van der Waals surface area (Å²) < 4.78 is 0. The van der Waals surface area contributed by atoms with Crippen LogP contribution in [-0.2, 0) is 4.79 Å². The van der Waals surface area contributed by atoms with Gasteiger partial charge in [-0.3, -0.25) is 9.78 Å². The molecule has 1 aromatic heterocycles. The Morgan fingerprint density at radius 2 is 2.11 bits per heavy atom. The zero-order valence-electron chi connectivity index (χ0n) is 11.7. The standard InChI is InChI=1S/C13H20N4O2/c1-9-6-5-7-14-12(9)10(2)16-11(18)8-15-13(19)17(3)4/h5-7,10H,8H2,1-4H3,(H,15,19)(H,16,18)/t10-/m0/s1. The van der Waals surface area contributed by atoms with Gasteiger partial charge in [0.25, 0.3) is 0 Å². The van der Waals surface area contributed by atoms with Gasteiger partial charge in [-0.05, 0) is 25.5 Å². The van der Waals surface area contributed by atoms with Crippen molar-refractivity contribution < 1.29 is 9.59 Å². The van der Waals surface area contributed by atoms with Gasteiger partial charge in [-0.25, -0.2) is 4.79 Å². The molecule has 2 N–H and O–H groups in total. The van der Waals surface area contributed by atoms with Crippen LogP contribution < -0.4 is 10.6 Å². The van der Waals surface area contributed by atoms with Gasteiger partial charge in [-0.2, -0.15) is 0 Å². The van der Waals surface area contributed by atoms with Gasteiger partial charge in [0, 0.05) is 20.3 Å². The molecule has 1 heterocycles. The Bertz CT molecular complexity index is 460. The fourth-order valence-electron chi connectivity index (χ4n) is 1.63. The zero-order valence-corrected chi connectivity index (χ0v) is 11.7. The Morgan fingerprint density at radius 3 is 2.68 bits per heavy atom. The number of pyridine rings is 1. The highest BCUT2D eigenvalue weighted by atomic mass is 16.2. The molecule has 0 saturated heterocycles. The predicted molar refractivity (Wildman–Crippen MR) is 72.6 cm³/mol. The molecular weight excluding hydrogens is 244 g/mol. The highest BCUT2D eigenvalue weighted by Crippen LogP contribution is 2.13. The van der Waals surface area contributed by atoms with Crippen molar-refractivity contribution in [1.29, 1.82) is 0 Å². The second kappa shape index (κ2) is 6.72. The monoisotopic (exact) mass is 264 g/mol. The lowest BCUT2D eigenvalue weighted by Crippen LogP contribution is -2.42. The second-order valence-corrected chi connectivity index (χ2v) is 4.55. The van der Waals surface area contributed by atoms with Gasteiger partial charge >= 0.3 is 6.03 Å². The quantitative estimate of drug-likeness (QED) is 0.846.